The maximum Gasteiger partial charge on any atom is 0.355 e. The summed E-state index contributed by atoms with van der Waals surface area (Å²) in [7, 11) is 0. The lowest BCUT2D eigenvalue weighted by atomic mass is 10.0. The molecule has 7 nitrogen and oxygen atoms in total. The van der Waals surface area contributed by atoms with E-state index in [1.165, 1.54) is 6.92 Å². The second-order valence-electron chi connectivity index (χ2n) is 6.55. The van der Waals surface area contributed by atoms with Crippen molar-refractivity contribution in [2.75, 3.05) is 13.2 Å². The van der Waals surface area contributed by atoms with Gasteiger partial charge >= 0.3 is 5.97 Å². The number of esters is 1. The fourth-order valence-electron chi connectivity index (χ4n) is 3.41. The predicted octanol–water partition coefficient (Wildman–Crippen LogP) is 2.63. The molecule has 7 heteroatoms. The fourth-order valence-corrected chi connectivity index (χ4v) is 3.41. The number of aryl methyl sites for hydroxylation is 1. The molecule has 3 rings (SSSR count). The number of fused-ring (bicyclic) bond motifs is 1. The smallest absolute Gasteiger partial charge is 0.355 e. The Hall–Kier alpha value is -3.09. The van der Waals surface area contributed by atoms with Crippen LogP contribution in [0.4, 0.5) is 0 Å². The number of amides is 1. The quantitative estimate of drug-likeness (QED) is 0.623. The van der Waals surface area contributed by atoms with E-state index in [0.29, 0.717) is 29.8 Å². The molecule has 0 spiro atoms. The zero-order chi connectivity index (χ0) is 19.6. The SMILES string of the molecule is CC(=O)c1c(C)[nH]c(C(=O)OCC(=O)NC2CCOc3ccccc32)c1C. The van der Waals surface area contributed by atoms with Crippen molar-refractivity contribution in [2.24, 2.45) is 0 Å². The van der Waals surface area contributed by atoms with Crippen LogP contribution in [0.5, 0.6) is 5.75 Å². The topological polar surface area (TPSA) is 97.5 Å². The molecular formula is C20H22N2O5. The van der Waals surface area contributed by atoms with E-state index in [-0.39, 0.29) is 17.5 Å². The van der Waals surface area contributed by atoms with Gasteiger partial charge in [-0.15, -0.1) is 0 Å². The van der Waals surface area contributed by atoms with Crippen LogP contribution in [0, 0.1) is 13.8 Å². The van der Waals surface area contributed by atoms with Crippen LogP contribution in [0.25, 0.3) is 0 Å². The maximum absolute atomic E-state index is 12.3. The predicted molar refractivity (Wildman–Crippen MR) is 98.0 cm³/mol. The van der Waals surface area contributed by atoms with Gasteiger partial charge in [0.2, 0.25) is 0 Å². The third-order valence-electron chi connectivity index (χ3n) is 4.62. The summed E-state index contributed by atoms with van der Waals surface area (Å²) < 4.78 is 10.7. The highest BCUT2D eigenvalue weighted by Crippen LogP contribution is 2.31. The van der Waals surface area contributed by atoms with E-state index < -0.39 is 18.5 Å². The number of ketones is 1. The standard InChI is InChI=1S/C20H22N2O5/c1-11-18(13(3)23)12(2)21-19(11)20(25)27-10-17(24)22-15-8-9-26-16-7-5-4-6-14(15)16/h4-7,15,21H,8-10H2,1-3H3,(H,22,24). The molecule has 2 heterocycles. The number of hydrogen-bond donors (Lipinski definition) is 2. The second kappa shape index (κ2) is 7.65. The van der Waals surface area contributed by atoms with E-state index in [0.717, 1.165) is 11.3 Å². The Morgan fingerprint density at radius 2 is 2.00 bits per heavy atom. The normalized spacial score (nSPS) is 15.4. The molecule has 2 N–H and O–H groups in total. The van der Waals surface area contributed by atoms with Gasteiger partial charge in [0, 0.05) is 23.2 Å². The average molecular weight is 370 g/mol. The molecule has 1 amide bonds. The molecular weight excluding hydrogens is 348 g/mol. The van der Waals surface area contributed by atoms with Crippen LogP contribution in [0.1, 0.15) is 57.1 Å². The number of rotatable bonds is 5. The Bertz CT molecular complexity index is 900. The first kappa shape index (κ1) is 18.7. The summed E-state index contributed by atoms with van der Waals surface area (Å²) >= 11 is 0. The Morgan fingerprint density at radius 3 is 2.70 bits per heavy atom. The van der Waals surface area contributed by atoms with Gasteiger partial charge in [-0.2, -0.15) is 0 Å². The van der Waals surface area contributed by atoms with Crippen LogP contribution in [-0.4, -0.2) is 35.9 Å². The number of hydrogen-bond acceptors (Lipinski definition) is 5. The fraction of sp³-hybridized carbons (Fsp3) is 0.350. The van der Waals surface area contributed by atoms with E-state index >= 15 is 0 Å². The lowest BCUT2D eigenvalue weighted by molar-refractivity contribution is -0.125. The van der Waals surface area contributed by atoms with E-state index in [1.807, 2.05) is 24.3 Å². The van der Waals surface area contributed by atoms with Crippen LogP contribution in [0.2, 0.25) is 0 Å². The van der Waals surface area contributed by atoms with Crippen molar-refractivity contribution in [3.8, 4) is 5.75 Å². The van der Waals surface area contributed by atoms with Crippen molar-refractivity contribution in [1.82, 2.24) is 10.3 Å². The number of ether oxygens (including phenoxy) is 2. The largest absolute Gasteiger partial charge is 0.493 e. The molecule has 1 aromatic heterocycles. The molecule has 1 atom stereocenters. The van der Waals surface area contributed by atoms with E-state index in [9.17, 15) is 14.4 Å². The molecule has 0 bridgehead atoms. The molecule has 1 aliphatic heterocycles. The zero-order valence-electron chi connectivity index (χ0n) is 15.5. The first-order valence-corrected chi connectivity index (χ1v) is 8.76. The van der Waals surface area contributed by atoms with Crippen LogP contribution in [-0.2, 0) is 9.53 Å². The zero-order valence-corrected chi connectivity index (χ0v) is 15.5. The van der Waals surface area contributed by atoms with Gasteiger partial charge in [-0.1, -0.05) is 18.2 Å². The summed E-state index contributed by atoms with van der Waals surface area (Å²) in [5, 5.41) is 2.87. The van der Waals surface area contributed by atoms with Gasteiger partial charge in [-0.05, 0) is 32.4 Å². The molecule has 1 unspecified atom stereocenters. The molecule has 0 aliphatic carbocycles. The summed E-state index contributed by atoms with van der Waals surface area (Å²) in [4.78, 5) is 39.0. The van der Waals surface area contributed by atoms with Crippen molar-refractivity contribution < 1.29 is 23.9 Å². The van der Waals surface area contributed by atoms with Gasteiger partial charge in [0.1, 0.15) is 11.4 Å². The van der Waals surface area contributed by atoms with E-state index in [2.05, 4.69) is 10.3 Å². The Labute approximate surface area is 157 Å². The number of H-pyrrole nitrogens is 1. The Kier molecular flexibility index (Phi) is 5.30. The number of nitrogens with one attached hydrogen (secondary N) is 2. The number of Topliss-reactive ketones (excluding diaryl/α,β-unsaturated/α-hetero) is 1. The number of aromatic nitrogens is 1. The number of carbonyl (C=O) groups excluding carboxylic acids is 3. The molecule has 1 aliphatic rings. The molecule has 142 valence electrons. The Balaban J connectivity index is 1.61. The van der Waals surface area contributed by atoms with Gasteiger partial charge in [0.05, 0.1) is 12.6 Å². The van der Waals surface area contributed by atoms with Crippen molar-refractivity contribution >= 4 is 17.7 Å². The van der Waals surface area contributed by atoms with E-state index in [4.69, 9.17) is 9.47 Å². The molecule has 0 saturated carbocycles. The minimum Gasteiger partial charge on any atom is -0.493 e. The van der Waals surface area contributed by atoms with Gasteiger partial charge in [-0.25, -0.2) is 4.79 Å². The monoisotopic (exact) mass is 370 g/mol. The van der Waals surface area contributed by atoms with Crippen molar-refractivity contribution in [3.63, 3.8) is 0 Å². The van der Waals surface area contributed by atoms with Crippen LogP contribution < -0.4 is 10.1 Å². The highest BCUT2D eigenvalue weighted by atomic mass is 16.5. The number of aromatic amines is 1. The first-order valence-electron chi connectivity index (χ1n) is 8.76. The van der Waals surface area contributed by atoms with Crippen molar-refractivity contribution in [2.45, 2.75) is 33.2 Å². The lowest BCUT2D eigenvalue weighted by Crippen LogP contribution is -2.35. The minimum absolute atomic E-state index is 0.128. The molecule has 2 aromatic rings. The summed E-state index contributed by atoms with van der Waals surface area (Å²) in [6.07, 6.45) is 0.646. The summed E-state index contributed by atoms with van der Waals surface area (Å²) in [6.45, 7) is 4.95. The number of carbonyl (C=O) groups is 3. The lowest BCUT2D eigenvalue weighted by Gasteiger charge is -2.26. The first-order chi connectivity index (χ1) is 12.9. The third kappa shape index (κ3) is 3.86. The summed E-state index contributed by atoms with van der Waals surface area (Å²) in [6, 6.07) is 7.34. The highest BCUT2D eigenvalue weighted by Gasteiger charge is 2.24. The van der Waals surface area contributed by atoms with Crippen LogP contribution in [0.3, 0.4) is 0 Å². The van der Waals surface area contributed by atoms with Crippen molar-refractivity contribution in [1.29, 1.82) is 0 Å². The highest BCUT2D eigenvalue weighted by molar-refractivity contribution is 6.01. The minimum atomic E-state index is -0.661. The van der Waals surface area contributed by atoms with Gasteiger partial charge in [0.25, 0.3) is 5.91 Å². The molecule has 0 saturated heterocycles. The van der Waals surface area contributed by atoms with Crippen molar-refractivity contribution in [3.05, 3.63) is 52.3 Å². The van der Waals surface area contributed by atoms with Crippen LogP contribution >= 0.6 is 0 Å². The maximum atomic E-state index is 12.3. The molecule has 1 aromatic carbocycles. The molecule has 27 heavy (non-hydrogen) atoms. The average Bonchev–Trinajstić information content (AvgIpc) is 2.94. The van der Waals surface area contributed by atoms with Crippen LogP contribution in [0.15, 0.2) is 24.3 Å². The van der Waals surface area contributed by atoms with Gasteiger partial charge in [-0.3, -0.25) is 9.59 Å². The number of benzene rings is 1. The van der Waals surface area contributed by atoms with Gasteiger partial charge < -0.3 is 19.8 Å². The molecule has 0 fully saturated rings. The summed E-state index contributed by atoms with van der Waals surface area (Å²) in [5.74, 6) is -0.431. The molecule has 0 radical (unpaired) electrons. The third-order valence-corrected chi connectivity index (χ3v) is 4.62. The van der Waals surface area contributed by atoms with E-state index in [1.54, 1.807) is 13.8 Å². The Morgan fingerprint density at radius 1 is 1.26 bits per heavy atom. The number of para-hydroxylation sites is 1. The van der Waals surface area contributed by atoms with Gasteiger partial charge in [0.15, 0.2) is 12.4 Å². The second-order valence-corrected chi connectivity index (χ2v) is 6.55. The summed E-state index contributed by atoms with van der Waals surface area (Å²) in [5.41, 5.74) is 2.72.